The van der Waals surface area contributed by atoms with Crippen LogP contribution in [0.4, 0.5) is 0 Å². The first kappa shape index (κ1) is 15.3. The highest BCUT2D eigenvalue weighted by Crippen LogP contribution is 2.12. The van der Waals surface area contributed by atoms with Crippen molar-refractivity contribution >= 4 is 23.2 Å². The molecule has 1 unspecified atom stereocenters. The number of benzene rings is 1. The van der Waals surface area contributed by atoms with Gasteiger partial charge in [-0.25, -0.2) is 0 Å². The molecule has 110 valence electrons. The molecule has 0 saturated heterocycles. The number of aryl methyl sites for hydroxylation is 1. The van der Waals surface area contributed by atoms with Crippen molar-refractivity contribution in [3.63, 3.8) is 0 Å². The summed E-state index contributed by atoms with van der Waals surface area (Å²) in [4.78, 5) is 24.2. The molecule has 0 saturated carbocycles. The molecule has 5 heteroatoms. The Labute approximate surface area is 128 Å². The third kappa shape index (κ3) is 4.43. The van der Waals surface area contributed by atoms with Crippen LogP contribution >= 0.6 is 11.3 Å². The van der Waals surface area contributed by atoms with E-state index in [-0.39, 0.29) is 24.4 Å². The zero-order chi connectivity index (χ0) is 15.2. The van der Waals surface area contributed by atoms with Crippen molar-refractivity contribution in [2.24, 2.45) is 0 Å². The Morgan fingerprint density at radius 2 is 1.90 bits per heavy atom. The molecule has 2 amide bonds. The summed E-state index contributed by atoms with van der Waals surface area (Å²) >= 11 is 1.35. The lowest BCUT2D eigenvalue weighted by atomic mass is 10.1. The quantitative estimate of drug-likeness (QED) is 0.892. The molecule has 0 aliphatic heterocycles. The van der Waals surface area contributed by atoms with Gasteiger partial charge in [0.1, 0.15) is 0 Å². The van der Waals surface area contributed by atoms with Gasteiger partial charge in [0.2, 0.25) is 5.91 Å². The third-order valence-corrected chi connectivity index (χ3v) is 3.98. The number of nitrogens with one attached hydrogen (secondary N) is 2. The van der Waals surface area contributed by atoms with Gasteiger partial charge in [0.25, 0.3) is 5.91 Å². The molecule has 1 aromatic heterocycles. The maximum absolute atomic E-state index is 11.8. The van der Waals surface area contributed by atoms with Gasteiger partial charge >= 0.3 is 0 Å². The minimum absolute atomic E-state index is 0.0209. The first-order chi connectivity index (χ1) is 10.1. The summed E-state index contributed by atoms with van der Waals surface area (Å²) in [6.45, 7) is 3.92. The molecule has 0 aliphatic carbocycles. The van der Waals surface area contributed by atoms with E-state index in [0.29, 0.717) is 4.88 Å². The summed E-state index contributed by atoms with van der Waals surface area (Å²) in [6, 6.07) is 11.4. The molecule has 1 atom stereocenters. The molecule has 2 aromatic rings. The largest absolute Gasteiger partial charge is 0.348 e. The van der Waals surface area contributed by atoms with Crippen LogP contribution in [0.25, 0.3) is 0 Å². The fourth-order valence-electron chi connectivity index (χ4n) is 1.89. The lowest BCUT2D eigenvalue weighted by Crippen LogP contribution is -2.37. The summed E-state index contributed by atoms with van der Waals surface area (Å²) in [5.74, 6) is -0.420. The number of amides is 2. The topological polar surface area (TPSA) is 58.2 Å². The summed E-state index contributed by atoms with van der Waals surface area (Å²) in [7, 11) is 0. The molecule has 0 fully saturated rings. The van der Waals surface area contributed by atoms with Crippen LogP contribution in [0.1, 0.15) is 33.8 Å². The summed E-state index contributed by atoms with van der Waals surface area (Å²) < 4.78 is 0. The molecule has 0 spiro atoms. The molecule has 2 N–H and O–H groups in total. The van der Waals surface area contributed by atoms with Gasteiger partial charge < -0.3 is 10.6 Å². The lowest BCUT2D eigenvalue weighted by molar-refractivity contribution is -0.120. The molecule has 0 aliphatic rings. The van der Waals surface area contributed by atoms with Gasteiger partial charge in [-0.1, -0.05) is 35.9 Å². The van der Waals surface area contributed by atoms with Crippen LogP contribution in [0.2, 0.25) is 0 Å². The predicted molar refractivity (Wildman–Crippen MR) is 84.4 cm³/mol. The smallest absolute Gasteiger partial charge is 0.261 e. The molecule has 2 rings (SSSR count). The predicted octanol–water partition coefficient (Wildman–Crippen LogP) is 2.66. The van der Waals surface area contributed by atoms with Gasteiger partial charge in [-0.05, 0) is 30.9 Å². The van der Waals surface area contributed by atoms with E-state index in [1.165, 1.54) is 16.9 Å². The average molecular weight is 302 g/mol. The zero-order valence-electron chi connectivity index (χ0n) is 12.1. The highest BCUT2D eigenvalue weighted by molar-refractivity contribution is 7.12. The van der Waals surface area contributed by atoms with Crippen LogP contribution in [0, 0.1) is 6.92 Å². The van der Waals surface area contributed by atoms with Crippen LogP contribution in [0.5, 0.6) is 0 Å². The first-order valence-electron chi connectivity index (χ1n) is 6.74. The van der Waals surface area contributed by atoms with Crippen LogP contribution in [-0.2, 0) is 4.79 Å². The molecule has 21 heavy (non-hydrogen) atoms. The number of hydrogen-bond acceptors (Lipinski definition) is 3. The maximum Gasteiger partial charge on any atom is 0.261 e. The number of hydrogen-bond donors (Lipinski definition) is 2. The summed E-state index contributed by atoms with van der Waals surface area (Å²) in [6.07, 6.45) is 0. The van der Waals surface area contributed by atoms with Crippen molar-refractivity contribution in [1.82, 2.24) is 10.6 Å². The Bertz CT molecular complexity index is 606. The van der Waals surface area contributed by atoms with Crippen molar-refractivity contribution in [2.45, 2.75) is 19.9 Å². The van der Waals surface area contributed by atoms with Crippen molar-refractivity contribution in [3.05, 3.63) is 57.8 Å². The van der Waals surface area contributed by atoms with E-state index < -0.39 is 0 Å². The highest BCUT2D eigenvalue weighted by Gasteiger charge is 2.11. The minimum Gasteiger partial charge on any atom is -0.348 e. The van der Waals surface area contributed by atoms with Crippen LogP contribution in [-0.4, -0.2) is 18.4 Å². The Hall–Kier alpha value is -2.14. The minimum atomic E-state index is -0.219. The zero-order valence-corrected chi connectivity index (χ0v) is 12.9. The second kappa shape index (κ2) is 7.04. The maximum atomic E-state index is 11.8. The van der Waals surface area contributed by atoms with Gasteiger partial charge in [0, 0.05) is 0 Å². The fourth-order valence-corrected chi connectivity index (χ4v) is 2.53. The molecule has 4 nitrogen and oxygen atoms in total. The van der Waals surface area contributed by atoms with E-state index in [0.717, 1.165) is 5.56 Å². The van der Waals surface area contributed by atoms with E-state index in [4.69, 9.17) is 0 Å². The van der Waals surface area contributed by atoms with Gasteiger partial charge in [-0.3, -0.25) is 9.59 Å². The molecular weight excluding hydrogens is 284 g/mol. The lowest BCUT2D eigenvalue weighted by Gasteiger charge is -2.14. The molecule has 1 heterocycles. The van der Waals surface area contributed by atoms with Crippen LogP contribution in [0.3, 0.4) is 0 Å². The average Bonchev–Trinajstić information content (AvgIpc) is 2.99. The van der Waals surface area contributed by atoms with Crippen molar-refractivity contribution < 1.29 is 9.59 Å². The first-order valence-corrected chi connectivity index (χ1v) is 7.62. The van der Waals surface area contributed by atoms with E-state index in [1.807, 2.05) is 43.5 Å². The summed E-state index contributed by atoms with van der Waals surface area (Å²) in [5.41, 5.74) is 2.22. The standard InChI is InChI=1S/C16H18N2O2S/c1-11-5-7-13(8-6-11)12(2)18-15(19)10-17-16(20)14-4-3-9-21-14/h3-9,12H,10H2,1-2H3,(H,17,20)(H,18,19). The van der Waals surface area contributed by atoms with E-state index in [1.54, 1.807) is 12.1 Å². The Morgan fingerprint density at radius 1 is 1.19 bits per heavy atom. The second-order valence-corrected chi connectivity index (χ2v) is 5.81. The van der Waals surface area contributed by atoms with E-state index in [9.17, 15) is 9.59 Å². The molecular formula is C16H18N2O2S. The van der Waals surface area contributed by atoms with Crippen molar-refractivity contribution in [2.75, 3.05) is 6.54 Å². The number of thiophene rings is 1. The second-order valence-electron chi connectivity index (χ2n) is 4.86. The highest BCUT2D eigenvalue weighted by atomic mass is 32.1. The number of carbonyl (C=O) groups is 2. The van der Waals surface area contributed by atoms with Gasteiger partial charge in [-0.15, -0.1) is 11.3 Å². The number of carbonyl (C=O) groups excluding carboxylic acids is 2. The molecule has 0 radical (unpaired) electrons. The Balaban J connectivity index is 1.81. The van der Waals surface area contributed by atoms with E-state index in [2.05, 4.69) is 10.6 Å². The number of rotatable bonds is 5. The fraction of sp³-hybridized carbons (Fsp3) is 0.250. The third-order valence-electron chi connectivity index (χ3n) is 3.11. The van der Waals surface area contributed by atoms with Gasteiger partial charge in [0.05, 0.1) is 17.5 Å². The van der Waals surface area contributed by atoms with E-state index >= 15 is 0 Å². The van der Waals surface area contributed by atoms with Gasteiger partial charge in [0.15, 0.2) is 0 Å². The SMILES string of the molecule is Cc1ccc(C(C)NC(=O)CNC(=O)c2cccs2)cc1. The van der Waals surface area contributed by atoms with Gasteiger partial charge in [-0.2, -0.15) is 0 Å². The molecule has 1 aromatic carbocycles. The Kier molecular flexibility index (Phi) is 5.11. The van der Waals surface area contributed by atoms with Crippen LogP contribution in [0.15, 0.2) is 41.8 Å². The Morgan fingerprint density at radius 3 is 2.52 bits per heavy atom. The van der Waals surface area contributed by atoms with Crippen molar-refractivity contribution in [1.29, 1.82) is 0 Å². The molecule has 0 bridgehead atoms. The van der Waals surface area contributed by atoms with Crippen LogP contribution < -0.4 is 10.6 Å². The monoisotopic (exact) mass is 302 g/mol. The normalized spacial score (nSPS) is 11.7. The van der Waals surface area contributed by atoms with Crippen molar-refractivity contribution in [3.8, 4) is 0 Å². The summed E-state index contributed by atoms with van der Waals surface area (Å²) in [5, 5.41) is 7.30.